The molecule has 0 spiro atoms. The summed E-state index contributed by atoms with van der Waals surface area (Å²) in [6.45, 7) is 2.62. The third kappa shape index (κ3) is 6.01. The second-order valence-corrected chi connectivity index (χ2v) is 7.14. The van der Waals surface area contributed by atoms with Gasteiger partial charge in [-0.15, -0.1) is 0 Å². The molecular weight excluding hydrogens is 374 g/mol. The molecule has 1 atom stereocenters. The Morgan fingerprint density at radius 2 is 1.47 bits per heavy atom. The Bertz CT molecular complexity index is 930. The number of carbonyl (C=O) groups excluding carboxylic acids is 2. The Morgan fingerprint density at radius 3 is 2.07 bits per heavy atom. The highest BCUT2D eigenvalue weighted by Crippen LogP contribution is 2.16. The minimum atomic E-state index is -0.595. The molecule has 2 amide bonds. The van der Waals surface area contributed by atoms with Crippen LogP contribution in [0.1, 0.15) is 30.0 Å². The summed E-state index contributed by atoms with van der Waals surface area (Å²) < 4.78 is 0. The van der Waals surface area contributed by atoms with Crippen molar-refractivity contribution in [2.75, 3.05) is 0 Å². The number of amides is 2. The third-order valence-electron chi connectivity index (χ3n) is 4.99. The lowest BCUT2D eigenvalue weighted by atomic mass is 10.0. The second kappa shape index (κ2) is 10.9. The number of carbonyl (C=O) groups is 2. The van der Waals surface area contributed by atoms with Gasteiger partial charge in [-0.1, -0.05) is 67.6 Å². The summed E-state index contributed by atoms with van der Waals surface area (Å²) in [7, 11) is 0. The van der Waals surface area contributed by atoms with Gasteiger partial charge in [-0.2, -0.15) is 0 Å². The van der Waals surface area contributed by atoms with Gasteiger partial charge in [0.05, 0.1) is 0 Å². The average Bonchev–Trinajstić information content (AvgIpc) is 2.81. The topological polar surface area (TPSA) is 62.3 Å². The first-order valence-corrected chi connectivity index (χ1v) is 10.2. The van der Waals surface area contributed by atoms with E-state index < -0.39 is 6.04 Å². The van der Waals surface area contributed by atoms with Crippen molar-refractivity contribution >= 4 is 11.8 Å². The normalized spacial score (nSPS) is 11.5. The molecule has 0 fully saturated rings. The number of pyridine rings is 1. The molecule has 5 nitrogen and oxygen atoms in total. The van der Waals surface area contributed by atoms with Crippen molar-refractivity contribution in [3.63, 3.8) is 0 Å². The zero-order valence-corrected chi connectivity index (χ0v) is 17.2. The molecule has 1 heterocycles. The summed E-state index contributed by atoms with van der Waals surface area (Å²) in [4.78, 5) is 31.8. The molecule has 1 N–H and O–H groups in total. The maximum absolute atomic E-state index is 13.3. The van der Waals surface area contributed by atoms with E-state index in [9.17, 15) is 9.59 Å². The minimum absolute atomic E-state index is 0.0427. The first-order valence-electron chi connectivity index (χ1n) is 10.2. The minimum Gasteiger partial charge on any atom is -0.350 e. The van der Waals surface area contributed by atoms with Crippen molar-refractivity contribution in [2.45, 2.75) is 38.9 Å². The quantitative estimate of drug-likeness (QED) is 0.594. The molecular formula is C25H27N3O2. The van der Waals surface area contributed by atoms with E-state index >= 15 is 0 Å². The zero-order valence-electron chi connectivity index (χ0n) is 17.2. The Balaban J connectivity index is 1.84. The van der Waals surface area contributed by atoms with Crippen molar-refractivity contribution in [3.8, 4) is 0 Å². The van der Waals surface area contributed by atoms with Crippen LogP contribution < -0.4 is 5.32 Å². The molecule has 0 bridgehead atoms. The first-order chi connectivity index (χ1) is 14.7. The van der Waals surface area contributed by atoms with Crippen LogP contribution in [0.3, 0.4) is 0 Å². The van der Waals surface area contributed by atoms with Gasteiger partial charge >= 0.3 is 0 Å². The van der Waals surface area contributed by atoms with Crippen LogP contribution in [0.2, 0.25) is 0 Å². The lowest BCUT2D eigenvalue weighted by Gasteiger charge is -2.31. The van der Waals surface area contributed by atoms with Crippen molar-refractivity contribution in [3.05, 3.63) is 102 Å². The molecule has 0 saturated carbocycles. The van der Waals surface area contributed by atoms with E-state index in [4.69, 9.17) is 0 Å². The Morgan fingerprint density at radius 1 is 0.867 bits per heavy atom. The molecule has 2 aromatic carbocycles. The molecule has 0 aliphatic rings. The van der Waals surface area contributed by atoms with Crippen LogP contribution in [-0.4, -0.2) is 27.7 Å². The second-order valence-electron chi connectivity index (χ2n) is 7.14. The Hall–Kier alpha value is -3.47. The molecule has 0 unspecified atom stereocenters. The van der Waals surface area contributed by atoms with Crippen LogP contribution >= 0.6 is 0 Å². The van der Waals surface area contributed by atoms with Crippen molar-refractivity contribution < 1.29 is 9.59 Å². The van der Waals surface area contributed by atoms with Gasteiger partial charge in [-0.25, -0.2) is 0 Å². The largest absolute Gasteiger partial charge is 0.350 e. The summed E-state index contributed by atoms with van der Waals surface area (Å²) in [5.74, 6) is -0.202. The van der Waals surface area contributed by atoms with Gasteiger partial charge in [-0.05, 0) is 28.8 Å². The van der Waals surface area contributed by atoms with E-state index in [0.717, 1.165) is 16.7 Å². The molecule has 30 heavy (non-hydrogen) atoms. The molecule has 1 aromatic heterocycles. The lowest BCUT2D eigenvalue weighted by Crippen LogP contribution is -2.50. The lowest BCUT2D eigenvalue weighted by molar-refractivity contribution is -0.141. The average molecular weight is 402 g/mol. The molecule has 3 rings (SSSR count). The van der Waals surface area contributed by atoms with Crippen LogP contribution in [0, 0.1) is 0 Å². The highest BCUT2D eigenvalue weighted by Gasteiger charge is 2.29. The van der Waals surface area contributed by atoms with Crippen LogP contribution in [0.5, 0.6) is 0 Å². The predicted octanol–water partition coefficient (Wildman–Crippen LogP) is 3.75. The summed E-state index contributed by atoms with van der Waals surface area (Å²) in [5.41, 5.74) is 2.98. The van der Waals surface area contributed by atoms with Gasteiger partial charge in [0.2, 0.25) is 11.8 Å². The van der Waals surface area contributed by atoms with Gasteiger partial charge in [0.25, 0.3) is 0 Å². The molecule has 0 aliphatic carbocycles. The molecule has 0 aliphatic heterocycles. The fourth-order valence-corrected chi connectivity index (χ4v) is 3.34. The van der Waals surface area contributed by atoms with Crippen molar-refractivity contribution in [1.29, 1.82) is 0 Å². The summed E-state index contributed by atoms with van der Waals surface area (Å²) in [6, 6.07) is 22.7. The van der Waals surface area contributed by atoms with Gasteiger partial charge in [0, 0.05) is 38.3 Å². The number of hydrogen-bond donors (Lipinski definition) is 1. The smallest absolute Gasteiger partial charge is 0.243 e. The molecule has 154 valence electrons. The van der Waals surface area contributed by atoms with Crippen molar-refractivity contribution in [1.82, 2.24) is 15.2 Å². The highest BCUT2D eigenvalue weighted by atomic mass is 16.2. The fraction of sp³-hybridized carbons (Fsp3) is 0.240. The number of nitrogens with one attached hydrogen (secondary N) is 1. The van der Waals surface area contributed by atoms with E-state index in [1.54, 1.807) is 17.3 Å². The number of benzene rings is 2. The standard InChI is InChI=1S/C25H27N3O2/c1-2-24(29)28(19-22-11-7-4-8-12-22)23(17-20-9-5-3-6-10-20)25(30)27-18-21-13-15-26-16-14-21/h3-16,23H,2,17-19H2,1H3,(H,27,30)/t23-/m0/s1. The summed E-state index contributed by atoms with van der Waals surface area (Å²) in [5, 5.41) is 3.00. The zero-order chi connectivity index (χ0) is 21.2. The van der Waals surface area contributed by atoms with Gasteiger partial charge in [-0.3, -0.25) is 14.6 Å². The van der Waals surface area contributed by atoms with E-state index in [1.807, 2.05) is 79.7 Å². The molecule has 0 radical (unpaired) electrons. The fourth-order valence-electron chi connectivity index (χ4n) is 3.34. The first kappa shape index (κ1) is 21.2. The molecule has 3 aromatic rings. The Kier molecular flexibility index (Phi) is 7.72. The van der Waals surface area contributed by atoms with Crippen LogP contribution in [0.25, 0.3) is 0 Å². The number of rotatable bonds is 9. The highest BCUT2D eigenvalue weighted by molar-refractivity contribution is 5.87. The van der Waals surface area contributed by atoms with Gasteiger partial charge in [0.1, 0.15) is 6.04 Å². The van der Waals surface area contributed by atoms with Crippen molar-refractivity contribution in [2.24, 2.45) is 0 Å². The Labute approximate surface area is 177 Å². The monoisotopic (exact) mass is 401 g/mol. The van der Waals surface area contributed by atoms with E-state index in [2.05, 4.69) is 10.3 Å². The predicted molar refractivity (Wildman–Crippen MR) is 117 cm³/mol. The summed E-state index contributed by atoms with van der Waals surface area (Å²) in [6.07, 6.45) is 4.20. The molecule has 0 saturated heterocycles. The maximum Gasteiger partial charge on any atom is 0.243 e. The van der Waals surface area contributed by atoms with Crippen LogP contribution in [0.4, 0.5) is 0 Å². The van der Waals surface area contributed by atoms with E-state index in [0.29, 0.717) is 25.9 Å². The number of nitrogens with zero attached hydrogens (tertiary/aromatic N) is 2. The van der Waals surface area contributed by atoms with E-state index in [-0.39, 0.29) is 11.8 Å². The number of aromatic nitrogens is 1. The van der Waals surface area contributed by atoms with Gasteiger partial charge in [0.15, 0.2) is 0 Å². The van der Waals surface area contributed by atoms with E-state index in [1.165, 1.54) is 0 Å². The van der Waals surface area contributed by atoms with Gasteiger partial charge < -0.3 is 10.2 Å². The summed E-state index contributed by atoms with van der Waals surface area (Å²) >= 11 is 0. The van der Waals surface area contributed by atoms with Crippen LogP contribution in [-0.2, 0) is 29.1 Å². The number of hydrogen-bond acceptors (Lipinski definition) is 3. The third-order valence-corrected chi connectivity index (χ3v) is 4.99. The van der Waals surface area contributed by atoms with Crippen LogP contribution in [0.15, 0.2) is 85.2 Å². The molecule has 5 heteroatoms. The SMILES string of the molecule is CCC(=O)N(Cc1ccccc1)[C@@H](Cc1ccccc1)C(=O)NCc1ccncc1. The maximum atomic E-state index is 13.3.